The Labute approximate surface area is 115 Å². The van der Waals surface area contributed by atoms with Gasteiger partial charge in [-0.25, -0.2) is 9.18 Å². The molecule has 0 atom stereocenters. The molecule has 104 valence electrons. The number of carbonyl (C=O) groups is 1. The fourth-order valence-corrected chi connectivity index (χ4v) is 1.83. The molecule has 0 aliphatic rings. The number of benzene rings is 2. The fourth-order valence-electron chi connectivity index (χ4n) is 1.83. The highest BCUT2D eigenvalue weighted by Gasteiger charge is 2.07. The molecule has 0 spiro atoms. The van der Waals surface area contributed by atoms with Crippen LogP contribution in [0, 0.1) is 12.7 Å². The predicted octanol–water partition coefficient (Wildman–Crippen LogP) is 3.58. The Morgan fingerprint density at radius 3 is 2.60 bits per heavy atom. The summed E-state index contributed by atoms with van der Waals surface area (Å²) in [6, 6.07) is 9.20. The minimum atomic E-state index is -0.969. The van der Waals surface area contributed by atoms with Crippen molar-refractivity contribution in [1.29, 1.82) is 0 Å². The van der Waals surface area contributed by atoms with Crippen molar-refractivity contribution >= 4 is 17.3 Å². The lowest BCUT2D eigenvalue weighted by atomic mass is 10.1. The van der Waals surface area contributed by atoms with E-state index in [1.165, 1.54) is 19.2 Å². The second kappa shape index (κ2) is 5.61. The van der Waals surface area contributed by atoms with Crippen LogP contribution >= 0.6 is 0 Å². The van der Waals surface area contributed by atoms with Gasteiger partial charge in [-0.2, -0.15) is 0 Å². The highest BCUT2D eigenvalue weighted by atomic mass is 19.1. The van der Waals surface area contributed by atoms with Gasteiger partial charge < -0.3 is 15.2 Å². The van der Waals surface area contributed by atoms with Gasteiger partial charge in [0.2, 0.25) is 0 Å². The van der Waals surface area contributed by atoms with Gasteiger partial charge in [0.1, 0.15) is 0 Å². The van der Waals surface area contributed by atoms with Gasteiger partial charge in [-0.05, 0) is 42.8 Å². The zero-order valence-corrected chi connectivity index (χ0v) is 11.1. The second-order valence-electron chi connectivity index (χ2n) is 4.31. The molecule has 0 amide bonds. The first kappa shape index (κ1) is 13.9. The normalized spacial score (nSPS) is 10.2. The third-order valence-corrected chi connectivity index (χ3v) is 2.90. The number of methoxy groups -OCH3 is 1. The fraction of sp³-hybridized carbons (Fsp3) is 0.133. The average molecular weight is 275 g/mol. The van der Waals surface area contributed by atoms with Crippen molar-refractivity contribution in [3.05, 3.63) is 53.3 Å². The van der Waals surface area contributed by atoms with E-state index in [0.29, 0.717) is 5.69 Å². The molecule has 0 aliphatic carbocycles. The number of aryl methyl sites for hydroxylation is 1. The van der Waals surface area contributed by atoms with Crippen LogP contribution in [0.2, 0.25) is 0 Å². The van der Waals surface area contributed by atoms with Crippen molar-refractivity contribution in [2.75, 3.05) is 12.4 Å². The molecule has 0 aromatic heterocycles. The van der Waals surface area contributed by atoms with E-state index in [1.54, 1.807) is 31.2 Å². The van der Waals surface area contributed by atoms with Gasteiger partial charge in [-0.1, -0.05) is 0 Å². The monoisotopic (exact) mass is 275 g/mol. The van der Waals surface area contributed by atoms with Gasteiger partial charge in [-0.15, -0.1) is 0 Å². The molecule has 0 saturated carbocycles. The Kier molecular flexibility index (Phi) is 3.89. The first-order valence-corrected chi connectivity index (χ1v) is 5.96. The second-order valence-corrected chi connectivity index (χ2v) is 4.31. The van der Waals surface area contributed by atoms with Crippen molar-refractivity contribution in [1.82, 2.24) is 0 Å². The minimum Gasteiger partial charge on any atom is -0.494 e. The maximum atomic E-state index is 13.3. The molecular formula is C15H14FNO3. The van der Waals surface area contributed by atoms with Gasteiger partial charge >= 0.3 is 5.97 Å². The van der Waals surface area contributed by atoms with Crippen LogP contribution in [0.25, 0.3) is 0 Å². The first-order valence-electron chi connectivity index (χ1n) is 5.96. The van der Waals surface area contributed by atoms with Crippen LogP contribution in [-0.4, -0.2) is 18.2 Å². The van der Waals surface area contributed by atoms with Crippen LogP contribution in [0.3, 0.4) is 0 Å². The molecule has 0 radical (unpaired) electrons. The lowest BCUT2D eigenvalue weighted by Crippen LogP contribution is -1.99. The number of aromatic carboxylic acids is 1. The number of hydrogen-bond donors (Lipinski definition) is 2. The van der Waals surface area contributed by atoms with E-state index in [9.17, 15) is 9.18 Å². The predicted molar refractivity (Wildman–Crippen MR) is 74.4 cm³/mol. The Morgan fingerprint density at radius 2 is 2.00 bits per heavy atom. The van der Waals surface area contributed by atoms with Crippen LogP contribution in [-0.2, 0) is 0 Å². The van der Waals surface area contributed by atoms with E-state index >= 15 is 0 Å². The van der Waals surface area contributed by atoms with Crippen molar-refractivity contribution in [3.63, 3.8) is 0 Å². The summed E-state index contributed by atoms with van der Waals surface area (Å²) in [5.74, 6) is -1.26. The zero-order valence-electron chi connectivity index (χ0n) is 11.1. The Hall–Kier alpha value is -2.56. The third-order valence-electron chi connectivity index (χ3n) is 2.90. The zero-order chi connectivity index (χ0) is 14.7. The van der Waals surface area contributed by atoms with E-state index in [4.69, 9.17) is 9.84 Å². The maximum Gasteiger partial charge on any atom is 0.335 e. The molecule has 4 nitrogen and oxygen atoms in total. The van der Waals surface area contributed by atoms with E-state index in [2.05, 4.69) is 5.32 Å². The van der Waals surface area contributed by atoms with Crippen molar-refractivity contribution in [3.8, 4) is 5.75 Å². The van der Waals surface area contributed by atoms with Gasteiger partial charge in [0.05, 0.1) is 12.7 Å². The average Bonchev–Trinajstić information content (AvgIpc) is 2.42. The standard InChI is InChI=1S/C15H14FNO3/c1-9-7-10(15(18)19)3-6-13(9)17-11-4-5-12(16)14(8-11)20-2/h3-8,17H,1-2H3,(H,18,19). The largest absolute Gasteiger partial charge is 0.494 e. The molecule has 20 heavy (non-hydrogen) atoms. The molecule has 2 rings (SSSR count). The molecule has 5 heteroatoms. The number of rotatable bonds is 4. The number of halogens is 1. The number of hydrogen-bond acceptors (Lipinski definition) is 3. The lowest BCUT2D eigenvalue weighted by Gasteiger charge is -2.11. The smallest absolute Gasteiger partial charge is 0.335 e. The molecule has 0 aliphatic heterocycles. The minimum absolute atomic E-state index is 0.148. The topological polar surface area (TPSA) is 58.6 Å². The summed E-state index contributed by atoms with van der Waals surface area (Å²) >= 11 is 0. The van der Waals surface area contributed by atoms with E-state index in [-0.39, 0.29) is 11.3 Å². The highest BCUT2D eigenvalue weighted by Crippen LogP contribution is 2.26. The van der Waals surface area contributed by atoms with Gasteiger partial charge in [0, 0.05) is 17.4 Å². The van der Waals surface area contributed by atoms with Crippen molar-refractivity contribution in [2.24, 2.45) is 0 Å². The van der Waals surface area contributed by atoms with Crippen LogP contribution in [0.5, 0.6) is 5.75 Å². The van der Waals surface area contributed by atoms with Crippen LogP contribution in [0.15, 0.2) is 36.4 Å². The van der Waals surface area contributed by atoms with Crippen LogP contribution in [0.4, 0.5) is 15.8 Å². The molecule has 0 heterocycles. The summed E-state index contributed by atoms with van der Waals surface area (Å²) in [7, 11) is 1.40. The summed E-state index contributed by atoms with van der Waals surface area (Å²) in [4.78, 5) is 10.9. The SMILES string of the molecule is COc1cc(Nc2ccc(C(=O)O)cc2C)ccc1F. The van der Waals surface area contributed by atoms with Gasteiger partial charge in [0.25, 0.3) is 0 Å². The van der Waals surface area contributed by atoms with Crippen LogP contribution in [0.1, 0.15) is 15.9 Å². The molecule has 0 unspecified atom stereocenters. The number of anilines is 2. The Morgan fingerprint density at radius 1 is 1.25 bits per heavy atom. The van der Waals surface area contributed by atoms with Gasteiger partial charge in [-0.3, -0.25) is 0 Å². The molecule has 0 saturated heterocycles. The number of carboxylic acid groups (broad SMARTS) is 1. The number of ether oxygens (including phenoxy) is 1. The molecule has 2 N–H and O–H groups in total. The number of carboxylic acids is 1. The summed E-state index contributed by atoms with van der Waals surface area (Å²) in [6.07, 6.45) is 0. The molecular weight excluding hydrogens is 261 g/mol. The lowest BCUT2D eigenvalue weighted by molar-refractivity contribution is 0.0697. The third kappa shape index (κ3) is 2.88. The highest BCUT2D eigenvalue weighted by molar-refractivity contribution is 5.88. The summed E-state index contributed by atoms with van der Waals surface area (Å²) in [6.45, 7) is 1.80. The Balaban J connectivity index is 2.28. The van der Waals surface area contributed by atoms with E-state index in [1.807, 2.05) is 0 Å². The maximum absolute atomic E-state index is 13.3. The summed E-state index contributed by atoms with van der Waals surface area (Å²) in [5, 5.41) is 12.0. The van der Waals surface area contributed by atoms with Crippen molar-refractivity contribution < 1.29 is 19.0 Å². The molecule has 0 fully saturated rings. The van der Waals surface area contributed by atoms with E-state index in [0.717, 1.165) is 11.3 Å². The summed E-state index contributed by atoms with van der Waals surface area (Å²) in [5.41, 5.74) is 2.43. The van der Waals surface area contributed by atoms with Gasteiger partial charge in [0.15, 0.2) is 11.6 Å². The molecule has 2 aromatic rings. The van der Waals surface area contributed by atoms with Crippen molar-refractivity contribution in [2.45, 2.75) is 6.92 Å². The van der Waals surface area contributed by atoms with Crippen LogP contribution < -0.4 is 10.1 Å². The Bertz CT molecular complexity index is 656. The first-order chi connectivity index (χ1) is 9.51. The summed E-state index contributed by atoms with van der Waals surface area (Å²) < 4.78 is 18.2. The van der Waals surface area contributed by atoms with E-state index < -0.39 is 11.8 Å². The quantitative estimate of drug-likeness (QED) is 0.895. The molecule has 0 bridgehead atoms. The number of nitrogens with one attached hydrogen (secondary N) is 1. The molecule has 2 aromatic carbocycles.